The summed E-state index contributed by atoms with van der Waals surface area (Å²) in [6, 6.07) is 4.13. The first kappa shape index (κ1) is 16.5. The number of aryl methyl sites for hydroxylation is 2. The Labute approximate surface area is 141 Å². The average Bonchev–Trinajstić information content (AvgIpc) is 2.74. The fourth-order valence-electron chi connectivity index (χ4n) is 2.08. The third-order valence-electron chi connectivity index (χ3n) is 3.16. The Bertz CT molecular complexity index is 584. The summed E-state index contributed by atoms with van der Waals surface area (Å²) in [5, 5.41) is 7.36. The van der Waals surface area contributed by atoms with E-state index in [0.717, 1.165) is 44.8 Å². The van der Waals surface area contributed by atoms with Crippen molar-refractivity contribution in [3.8, 4) is 5.75 Å². The van der Waals surface area contributed by atoms with E-state index in [-0.39, 0.29) is 0 Å². The predicted molar refractivity (Wildman–Crippen MR) is 89.5 cm³/mol. The van der Waals surface area contributed by atoms with E-state index in [1.165, 1.54) is 5.56 Å². The molecule has 0 amide bonds. The Balaban J connectivity index is 2.01. The summed E-state index contributed by atoms with van der Waals surface area (Å²) in [4.78, 5) is 0. The van der Waals surface area contributed by atoms with E-state index < -0.39 is 0 Å². The molecule has 2 aromatic rings. The van der Waals surface area contributed by atoms with Gasteiger partial charge >= 0.3 is 0 Å². The van der Waals surface area contributed by atoms with Crippen molar-refractivity contribution in [2.45, 2.75) is 33.9 Å². The number of hydrogen-bond donors (Lipinski definition) is 1. The molecule has 2 rings (SSSR count). The van der Waals surface area contributed by atoms with E-state index >= 15 is 0 Å². The number of benzene rings is 1. The molecule has 0 aliphatic heterocycles. The second-order valence-electron chi connectivity index (χ2n) is 4.73. The number of hydrogen-bond acceptors (Lipinski definition) is 4. The fourth-order valence-corrected chi connectivity index (χ4v) is 3.59. The van der Waals surface area contributed by atoms with Crippen LogP contribution in [0.4, 0.5) is 0 Å². The zero-order valence-corrected chi connectivity index (χ0v) is 15.5. The maximum atomic E-state index is 5.58. The van der Waals surface area contributed by atoms with Crippen LogP contribution in [0.3, 0.4) is 0 Å². The van der Waals surface area contributed by atoms with Gasteiger partial charge in [0.25, 0.3) is 0 Å². The normalized spacial score (nSPS) is 10.9. The molecule has 0 aliphatic carbocycles. The van der Waals surface area contributed by atoms with E-state index in [1.54, 1.807) is 0 Å². The molecule has 0 bridgehead atoms. The highest BCUT2D eigenvalue weighted by atomic mass is 79.9. The van der Waals surface area contributed by atoms with Gasteiger partial charge in [-0.2, -0.15) is 0 Å². The van der Waals surface area contributed by atoms with Crippen molar-refractivity contribution in [3.63, 3.8) is 0 Å². The van der Waals surface area contributed by atoms with Gasteiger partial charge in [-0.3, -0.25) is 0 Å². The van der Waals surface area contributed by atoms with Gasteiger partial charge in [-0.1, -0.05) is 5.16 Å². The minimum Gasteiger partial charge on any atom is -0.492 e. The van der Waals surface area contributed by atoms with Gasteiger partial charge in [-0.15, -0.1) is 0 Å². The van der Waals surface area contributed by atoms with E-state index in [4.69, 9.17) is 9.26 Å². The largest absolute Gasteiger partial charge is 0.492 e. The molecular weight excluding hydrogens is 400 g/mol. The zero-order chi connectivity index (χ0) is 15.4. The van der Waals surface area contributed by atoms with E-state index in [9.17, 15) is 0 Å². The summed E-state index contributed by atoms with van der Waals surface area (Å²) in [5.74, 6) is 1.71. The quantitative estimate of drug-likeness (QED) is 0.751. The predicted octanol–water partition coefficient (Wildman–Crippen LogP) is 4.50. The first-order valence-electron chi connectivity index (χ1n) is 6.76. The summed E-state index contributed by atoms with van der Waals surface area (Å²) in [6.07, 6.45) is 0. The SMILES string of the molecule is CCOc1c(Br)cc(CNCc2c(C)noc2C)cc1Br. The lowest BCUT2D eigenvalue weighted by Crippen LogP contribution is -2.13. The maximum Gasteiger partial charge on any atom is 0.147 e. The summed E-state index contributed by atoms with van der Waals surface area (Å²) >= 11 is 7.09. The zero-order valence-electron chi connectivity index (χ0n) is 12.3. The van der Waals surface area contributed by atoms with Crippen LogP contribution < -0.4 is 10.1 Å². The van der Waals surface area contributed by atoms with Gasteiger partial charge in [0, 0.05) is 18.7 Å². The molecular formula is C15H18Br2N2O2. The summed E-state index contributed by atoms with van der Waals surface area (Å²) in [7, 11) is 0. The minimum absolute atomic E-state index is 0.640. The minimum atomic E-state index is 0.640. The molecule has 0 spiro atoms. The standard InChI is InChI=1S/C15H18Br2N2O2/c1-4-20-15-13(16)5-11(6-14(15)17)7-18-8-12-9(2)19-21-10(12)3/h5-6,18H,4,7-8H2,1-3H3. The number of nitrogens with one attached hydrogen (secondary N) is 1. The van der Waals surface area contributed by atoms with Crippen LogP contribution in [-0.4, -0.2) is 11.8 Å². The second-order valence-corrected chi connectivity index (χ2v) is 6.44. The molecule has 21 heavy (non-hydrogen) atoms. The van der Waals surface area contributed by atoms with Crippen LogP contribution in [0.2, 0.25) is 0 Å². The molecule has 0 atom stereocenters. The van der Waals surface area contributed by atoms with E-state index in [0.29, 0.717) is 6.61 Å². The Morgan fingerprint density at radius 1 is 1.19 bits per heavy atom. The van der Waals surface area contributed by atoms with Crippen LogP contribution in [0.25, 0.3) is 0 Å². The average molecular weight is 418 g/mol. The van der Waals surface area contributed by atoms with Crippen molar-refractivity contribution in [1.82, 2.24) is 10.5 Å². The van der Waals surface area contributed by atoms with Gasteiger partial charge < -0.3 is 14.6 Å². The first-order valence-corrected chi connectivity index (χ1v) is 8.34. The summed E-state index contributed by atoms with van der Waals surface area (Å²) in [5.41, 5.74) is 3.23. The molecule has 0 aliphatic rings. The number of rotatable bonds is 6. The lowest BCUT2D eigenvalue weighted by molar-refractivity contribution is 0.336. The molecule has 1 aromatic carbocycles. The topological polar surface area (TPSA) is 47.3 Å². The van der Waals surface area contributed by atoms with Crippen molar-refractivity contribution >= 4 is 31.9 Å². The molecule has 1 N–H and O–H groups in total. The molecule has 0 unspecified atom stereocenters. The van der Waals surface area contributed by atoms with Gasteiger partial charge in [-0.25, -0.2) is 0 Å². The van der Waals surface area contributed by atoms with Gasteiger partial charge in [0.05, 0.1) is 21.2 Å². The Kier molecular flexibility index (Phi) is 5.84. The fraction of sp³-hybridized carbons (Fsp3) is 0.400. The molecule has 6 heteroatoms. The van der Waals surface area contributed by atoms with Crippen LogP contribution in [0, 0.1) is 13.8 Å². The van der Waals surface area contributed by atoms with Crippen molar-refractivity contribution in [2.75, 3.05) is 6.61 Å². The molecule has 114 valence electrons. The van der Waals surface area contributed by atoms with Crippen molar-refractivity contribution in [1.29, 1.82) is 0 Å². The van der Waals surface area contributed by atoms with Gasteiger partial charge in [0.1, 0.15) is 11.5 Å². The van der Waals surface area contributed by atoms with E-state index in [2.05, 4.69) is 54.5 Å². The van der Waals surface area contributed by atoms with Crippen LogP contribution >= 0.6 is 31.9 Å². The highest BCUT2D eigenvalue weighted by Crippen LogP contribution is 2.34. The number of nitrogens with zero attached hydrogens (tertiary/aromatic N) is 1. The van der Waals surface area contributed by atoms with E-state index in [1.807, 2.05) is 20.8 Å². The Morgan fingerprint density at radius 3 is 2.38 bits per heavy atom. The Morgan fingerprint density at radius 2 is 1.86 bits per heavy atom. The highest BCUT2D eigenvalue weighted by molar-refractivity contribution is 9.11. The molecule has 0 saturated carbocycles. The number of aromatic nitrogens is 1. The highest BCUT2D eigenvalue weighted by Gasteiger charge is 2.10. The Hall–Kier alpha value is -0.850. The van der Waals surface area contributed by atoms with Crippen LogP contribution in [-0.2, 0) is 13.1 Å². The summed E-state index contributed by atoms with van der Waals surface area (Å²) < 4.78 is 12.6. The molecule has 0 saturated heterocycles. The third kappa shape index (κ3) is 4.08. The smallest absolute Gasteiger partial charge is 0.147 e. The summed E-state index contributed by atoms with van der Waals surface area (Å²) in [6.45, 7) is 7.99. The molecule has 0 radical (unpaired) electrons. The molecule has 1 heterocycles. The molecule has 1 aromatic heterocycles. The molecule has 0 fully saturated rings. The number of ether oxygens (including phenoxy) is 1. The molecule has 4 nitrogen and oxygen atoms in total. The monoisotopic (exact) mass is 416 g/mol. The van der Waals surface area contributed by atoms with Crippen molar-refractivity contribution in [3.05, 3.63) is 43.7 Å². The number of halogens is 2. The van der Waals surface area contributed by atoms with Crippen molar-refractivity contribution in [2.24, 2.45) is 0 Å². The maximum absolute atomic E-state index is 5.58. The van der Waals surface area contributed by atoms with Gasteiger partial charge in [0.15, 0.2) is 0 Å². The second kappa shape index (κ2) is 7.42. The third-order valence-corrected chi connectivity index (χ3v) is 4.34. The lowest BCUT2D eigenvalue weighted by atomic mass is 10.2. The van der Waals surface area contributed by atoms with Gasteiger partial charge in [0.2, 0.25) is 0 Å². The van der Waals surface area contributed by atoms with Crippen LogP contribution in [0.5, 0.6) is 5.75 Å². The lowest BCUT2D eigenvalue weighted by Gasteiger charge is -2.11. The van der Waals surface area contributed by atoms with Crippen LogP contribution in [0.15, 0.2) is 25.6 Å². The first-order chi connectivity index (χ1) is 10.0. The van der Waals surface area contributed by atoms with Crippen LogP contribution in [0.1, 0.15) is 29.5 Å². The van der Waals surface area contributed by atoms with Gasteiger partial charge in [-0.05, 0) is 70.3 Å². The van der Waals surface area contributed by atoms with Crippen molar-refractivity contribution < 1.29 is 9.26 Å².